The van der Waals surface area contributed by atoms with Gasteiger partial charge >= 0.3 is 12.4 Å². The van der Waals surface area contributed by atoms with E-state index in [1.165, 1.54) is 30.3 Å². The highest BCUT2D eigenvalue weighted by Crippen LogP contribution is 2.42. The highest BCUT2D eigenvalue weighted by Gasteiger charge is 2.51. The van der Waals surface area contributed by atoms with E-state index in [1.807, 2.05) is 0 Å². The number of alkyl halides is 6. The van der Waals surface area contributed by atoms with Gasteiger partial charge in [-0.05, 0) is 48.4 Å². The number of rotatable bonds is 6. The van der Waals surface area contributed by atoms with Gasteiger partial charge in [-0.15, -0.1) is 0 Å². The Balaban J connectivity index is 1.75. The fraction of sp³-hybridized carbons (Fsp3) is 0.364. The SMILES string of the molecule is N#Cc1ccc(C2CC(COc3ccc(NC(=O)CN)cc3)NC2C(F)(F)F)cc1C(F)(F)F. The first-order chi connectivity index (χ1) is 15.9. The number of nitrogens with two attached hydrogens (primary N) is 1. The van der Waals surface area contributed by atoms with Crippen LogP contribution in [0.3, 0.4) is 0 Å². The zero-order chi connectivity index (χ0) is 25.1. The summed E-state index contributed by atoms with van der Waals surface area (Å²) in [5, 5.41) is 13.9. The van der Waals surface area contributed by atoms with Crippen molar-refractivity contribution in [3.63, 3.8) is 0 Å². The van der Waals surface area contributed by atoms with E-state index in [4.69, 9.17) is 15.7 Å². The highest BCUT2D eigenvalue weighted by molar-refractivity contribution is 5.92. The average Bonchev–Trinajstić information content (AvgIpc) is 3.22. The van der Waals surface area contributed by atoms with E-state index in [9.17, 15) is 31.1 Å². The number of nitriles is 1. The number of amides is 1. The minimum Gasteiger partial charge on any atom is -0.492 e. The first-order valence-electron chi connectivity index (χ1n) is 10.1. The maximum atomic E-state index is 13.7. The van der Waals surface area contributed by atoms with E-state index in [0.717, 1.165) is 12.1 Å². The third kappa shape index (κ3) is 5.98. The van der Waals surface area contributed by atoms with Crippen molar-refractivity contribution < 1.29 is 35.9 Å². The van der Waals surface area contributed by atoms with Gasteiger partial charge in [0.05, 0.1) is 23.7 Å². The van der Waals surface area contributed by atoms with Crippen molar-refractivity contribution in [3.8, 4) is 11.8 Å². The van der Waals surface area contributed by atoms with Gasteiger partial charge in [0.15, 0.2) is 0 Å². The first kappa shape index (κ1) is 25.3. The van der Waals surface area contributed by atoms with E-state index in [0.29, 0.717) is 17.5 Å². The fourth-order valence-electron chi connectivity index (χ4n) is 3.82. The maximum absolute atomic E-state index is 13.7. The molecule has 3 unspecified atom stereocenters. The molecule has 3 rings (SSSR count). The van der Waals surface area contributed by atoms with Crippen LogP contribution in [0.4, 0.5) is 32.0 Å². The summed E-state index contributed by atoms with van der Waals surface area (Å²) in [6, 6.07) is 7.25. The molecule has 0 saturated carbocycles. The molecule has 0 bridgehead atoms. The lowest BCUT2D eigenvalue weighted by atomic mass is 9.88. The number of carbonyl (C=O) groups is 1. The van der Waals surface area contributed by atoms with E-state index in [-0.39, 0.29) is 25.1 Å². The Labute approximate surface area is 190 Å². The van der Waals surface area contributed by atoms with Crippen LogP contribution in [-0.4, -0.2) is 37.3 Å². The predicted octanol–water partition coefficient (Wildman–Crippen LogP) is 3.93. The van der Waals surface area contributed by atoms with Crippen molar-refractivity contribution in [2.75, 3.05) is 18.5 Å². The fourth-order valence-corrected chi connectivity index (χ4v) is 3.82. The number of anilines is 1. The van der Waals surface area contributed by atoms with Crippen LogP contribution < -0.4 is 21.1 Å². The van der Waals surface area contributed by atoms with Crippen LogP contribution in [0.5, 0.6) is 5.75 Å². The van der Waals surface area contributed by atoms with Crippen molar-refractivity contribution in [2.24, 2.45) is 5.73 Å². The maximum Gasteiger partial charge on any atom is 0.417 e. The van der Waals surface area contributed by atoms with Gasteiger partial charge in [0, 0.05) is 17.6 Å². The van der Waals surface area contributed by atoms with Crippen molar-refractivity contribution in [2.45, 2.75) is 36.8 Å². The van der Waals surface area contributed by atoms with Crippen molar-refractivity contribution in [1.29, 1.82) is 5.26 Å². The third-order valence-corrected chi connectivity index (χ3v) is 5.38. The zero-order valence-corrected chi connectivity index (χ0v) is 17.5. The average molecular weight is 486 g/mol. The van der Waals surface area contributed by atoms with Crippen molar-refractivity contribution in [1.82, 2.24) is 5.32 Å². The molecular formula is C22H20F6N4O2. The van der Waals surface area contributed by atoms with Gasteiger partial charge in [-0.25, -0.2) is 0 Å². The molecule has 182 valence electrons. The number of hydrogen-bond donors (Lipinski definition) is 3. The number of halogens is 6. The van der Waals surface area contributed by atoms with Gasteiger partial charge in [0.25, 0.3) is 0 Å². The van der Waals surface area contributed by atoms with E-state index in [1.54, 1.807) is 0 Å². The molecule has 2 aromatic rings. The summed E-state index contributed by atoms with van der Waals surface area (Å²) < 4.78 is 86.5. The van der Waals surface area contributed by atoms with Crippen LogP contribution in [0.1, 0.15) is 29.0 Å². The quantitative estimate of drug-likeness (QED) is 0.538. The molecule has 34 heavy (non-hydrogen) atoms. The van der Waals surface area contributed by atoms with Crippen LogP contribution in [0.25, 0.3) is 0 Å². The molecule has 4 N–H and O–H groups in total. The summed E-state index contributed by atoms with van der Waals surface area (Å²) in [6.45, 7) is -0.364. The lowest BCUT2D eigenvalue weighted by Crippen LogP contribution is -2.44. The minimum atomic E-state index is -4.88. The molecule has 0 aromatic heterocycles. The summed E-state index contributed by atoms with van der Waals surface area (Å²) in [5.74, 6) is -1.36. The van der Waals surface area contributed by atoms with Crippen LogP contribution in [0.15, 0.2) is 42.5 Å². The Bertz CT molecular complexity index is 1060. The topological polar surface area (TPSA) is 100 Å². The highest BCUT2D eigenvalue weighted by atomic mass is 19.4. The smallest absolute Gasteiger partial charge is 0.417 e. The second-order valence-electron chi connectivity index (χ2n) is 7.73. The molecule has 3 atom stereocenters. The number of benzene rings is 2. The van der Waals surface area contributed by atoms with E-state index in [2.05, 4.69) is 10.6 Å². The van der Waals surface area contributed by atoms with Crippen LogP contribution in [-0.2, 0) is 11.0 Å². The molecule has 1 fully saturated rings. The Kier molecular flexibility index (Phi) is 7.38. The van der Waals surface area contributed by atoms with Gasteiger partial charge in [-0.2, -0.15) is 31.6 Å². The van der Waals surface area contributed by atoms with E-state index < -0.39 is 47.4 Å². The van der Waals surface area contributed by atoms with Gasteiger partial charge < -0.3 is 15.8 Å². The molecule has 0 aliphatic carbocycles. The first-order valence-corrected chi connectivity index (χ1v) is 10.1. The molecule has 1 amide bonds. The summed E-state index contributed by atoms with van der Waals surface area (Å²) in [7, 11) is 0. The number of carbonyl (C=O) groups excluding carboxylic acids is 1. The molecule has 2 aromatic carbocycles. The second kappa shape index (κ2) is 9.90. The molecule has 0 radical (unpaired) electrons. The summed E-state index contributed by atoms with van der Waals surface area (Å²) in [5.41, 5.74) is 3.58. The van der Waals surface area contributed by atoms with Crippen LogP contribution in [0.2, 0.25) is 0 Å². The normalized spacial score (nSPS) is 20.6. The monoisotopic (exact) mass is 486 g/mol. The molecule has 1 saturated heterocycles. The summed E-state index contributed by atoms with van der Waals surface area (Å²) in [6.07, 6.45) is -9.72. The predicted molar refractivity (Wildman–Crippen MR) is 110 cm³/mol. The van der Waals surface area contributed by atoms with Gasteiger partial charge in [0.1, 0.15) is 18.4 Å². The number of nitrogens with one attached hydrogen (secondary N) is 2. The molecule has 0 spiro atoms. The van der Waals surface area contributed by atoms with Gasteiger partial charge in [-0.1, -0.05) is 6.07 Å². The lowest BCUT2D eigenvalue weighted by molar-refractivity contribution is -0.156. The molecule has 1 heterocycles. The van der Waals surface area contributed by atoms with Gasteiger partial charge in [-0.3, -0.25) is 10.1 Å². The standard InChI is InChI=1S/C22H20F6N4O2/c23-21(24,25)18-7-12(1-2-13(18)9-29)17-8-15(32-20(17)22(26,27)28)11-34-16-5-3-14(4-6-16)31-19(33)10-30/h1-7,15,17,20,32H,8,10-11,30H2,(H,31,33). The molecule has 12 heteroatoms. The summed E-state index contributed by atoms with van der Waals surface area (Å²) >= 11 is 0. The Hall–Kier alpha value is -3.30. The molecular weight excluding hydrogens is 466 g/mol. The summed E-state index contributed by atoms with van der Waals surface area (Å²) in [4.78, 5) is 11.3. The minimum absolute atomic E-state index is 0.127. The van der Waals surface area contributed by atoms with Crippen LogP contribution >= 0.6 is 0 Å². The zero-order valence-electron chi connectivity index (χ0n) is 17.5. The Morgan fingerprint density at radius 2 is 1.82 bits per heavy atom. The van der Waals surface area contributed by atoms with E-state index >= 15 is 0 Å². The number of ether oxygens (including phenoxy) is 1. The lowest BCUT2D eigenvalue weighted by Gasteiger charge is -2.23. The van der Waals surface area contributed by atoms with Crippen molar-refractivity contribution in [3.05, 3.63) is 59.2 Å². The third-order valence-electron chi connectivity index (χ3n) is 5.38. The van der Waals surface area contributed by atoms with Crippen molar-refractivity contribution >= 4 is 11.6 Å². The Morgan fingerprint density at radius 3 is 2.38 bits per heavy atom. The second-order valence-corrected chi connectivity index (χ2v) is 7.73. The van der Waals surface area contributed by atoms with Gasteiger partial charge in [0.2, 0.25) is 5.91 Å². The van der Waals surface area contributed by atoms with Crippen LogP contribution in [0, 0.1) is 11.3 Å². The molecule has 6 nitrogen and oxygen atoms in total. The largest absolute Gasteiger partial charge is 0.492 e. The molecule has 1 aliphatic rings. The number of nitrogens with zero attached hydrogens (tertiary/aromatic N) is 1. The molecule has 1 aliphatic heterocycles. The Morgan fingerprint density at radius 1 is 1.15 bits per heavy atom. The number of hydrogen-bond acceptors (Lipinski definition) is 5.